The maximum absolute atomic E-state index is 12.8. The van der Waals surface area contributed by atoms with Gasteiger partial charge in [-0.05, 0) is 12.5 Å². The first-order valence-electron chi connectivity index (χ1n) is 3.14. The Hall–Kier alpha value is -1.12. The van der Waals surface area contributed by atoms with Gasteiger partial charge < -0.3 is 5.73 Å². The molecule has 0 aliphatic carbocycles. The average Bonchev–Trinajstić information content (AvgIpc) is 1.95. The van der Waals surface area contributed by atoms with E-state index in [-0.39, 0.29) is 11.5 Å². The minimum Gasteiger partial charge on any atom is -0.396 e. The van der Waals surface area contributed by atoms with Crippen molar-refractivity contribution in [3.63, 3.8) is 0 Å². The largest absolute Gasteiger partial charge is 0.396 e. The molecule has 0 aliphatic rings. The zero-order valence-electron chi connectivity index (χ0n) is 5.76. The number of halogens is 1. The van der Waals surface area contributed by atoms with Gasteiger partial charge >= 0.3 is 0 Å². The van der Waals surface area contributed by atoms with Crippen molar-refractivity contribution in [1.82, 2.24) is 4.98 Å². The molecule has 0 aliphatic heterocycles. The number of aryl methyl sites for hydroxylation is 1. The second-order valence-corrected chi connectivity index (χ2v) is 2.01. The smallest absolute Gasteiger partial charge is 0.167 e. The van der Waals surface area contributed by atoms with E-state index in [0.717, 1.165) is 0 Å². The van der Waals surface area contributed by atoms with Crippen molar-refractivity contribution in [2.45, 2.75) is 13.3 Å². The van der Waals surface area contributed by atoms with Gasteiger partial charge in [0.15, 0.2) is 5.82 Å². The van der Waals surface area contributed by atoms with Crippen molar-refractivity contribution in [3.05, 3.63) is 23.8 Å². The zero-order valence-corrected chi connectivity index (χ0v) is 5.76. The Morgan fingerprint density at radius 3 is 2.90 bits per heavy atom. The Bertz CT molecular complexity index is 235. The van der Waals surface area contributed by atoms with E-state index in [4.69, 9.17) is 5.73 Å². The SMILES string of the molecule is CCc1nccc(N)c1F. The summed E-state index contributed by atoms with van der Waals surface area (Å²) in [5.41, 5.74) is 5.88. The van der Waals surface area contributed by atoms with Crippen LogP contribution in [0.5, 0.6) is 0 Å². The molecule has 3 heteroatoms. The van der Waals surface area contributed by atoms with Crippen molar-refractivity contribution in [2.24, 2.45) is 0 Å². The number of pyridine rings is 1. The maximum Gasteiger partial charge on any atom is 0.167 e. The molecule has 0 fully saturated rings. The predicted octanol–water partition coefficient (Wildman–Crippen LogP) is 1.37. The summed E-state index contributed by atoms with van der Waals surface area (Å²) in [5, 5.41) is 0. The molecule has 0 radical (unpaired) electrons. The summed E-state index contributed by atoms with van der Waals surface area (Å²) in [6.07, 6.45) is 2.09. The summed E-state index contributed by atoms with van der Waals surface area (Å²) in [6, 6.07) is 1.45. The monoisotopic (exact) mass is 140 g/mol. The van der Waals surface area contributed by atoms with Crippen LogP contribution in [-0.4, -0.2) is 4.98 Å². The first-order valence-corrected chi connectivity index (χ1v) is 3.14. The van der Waals surface area contributed by atoms with Crippen LogP contribution in [0.3, 0.4) is 0 Å². The maximum atomic E-state index is 12.8. The van der Waals surface area contributed by atoms with Gasteiger partial charge in [-0.1, -0.05) is 6.92 Å². The third-order valence-electron chi connectivity index (χ3n) is 1.33. The quantitative estimate of drug-likeness (QED) is 0.639. The minimum atomic E-state index is -0.384. The van der Waals surface area contributed by atoms with E-state index >= 15 is 0 Å². The molecule has 1 aromatic rings. The predicted molar refractivity (Wildman–Crippen MR) is 38.0 cm³/mol. The number of hydrogen-bond acceptors (Lipinski definition) is 2. The highest BCUT2D eigenvalue weighted by molar-refractivity contribution is 5.39. The number of nitrogen functional groups attached to an aromatic ring is 1. The normalized spacial score (nSPS) is 9.80. The van der Waals surface area contributed by atoms with Crippen LogP contribution in [0.1, 0.15) is 12.6 Å². The molecule has 1 aromatic heterocycles. The first-order chi connectivity index (χ1) is 4.75. The van der Waals surface area contributed by atoms with Gasteiger partial charge in [0, 0.05) is 6.20 Å². The zero-order chi connectivity index (χ0) is 7.56. The van der Waals surface area contributed by atoms with E-state index in [1.807, 2.05) is 6.92 Å². The van der Waals surface area contributed by atoms with Crippen molar-refractivity contribution in [1.29, 1.82) is 0 Å². The molecule has 2 nitrogen and oxygen atoms in total. The van der Waals surface area contributed by atoms with Crippen molar-refractivity contribution in [2.75, 3.05) is 5.73 Å². The molecule has 0 atom stereocenters. The number of nitrogens with two attached hydrogens (primary N) is 1. The van der Waals surface area contributed by atoms with Gasteiger partial charge in [-0.15, -0.1) is 0 Å². The fourth-order valence-electron chi connectivity index (χ4n) is 0.750. The minimum absolute atomic E-state index is 0.173. The molecule has 0 amide bonds. The number of hydrogen-bond donors (Lipinski definition) is 1. The Morgan fingerprint density at radius 2 is 2.40 bits per heavy atom. The third-order valence-corrected chi connectivity index (χ3v) is 1.33. The van der Waals surface area contributed by atoms with Crippen molar-refractivity contribution in [3.8, 4) is 0 Å². The van der Waals surface area contributed by atoms with Gasteiger partial charge in [-0.25, -0.2) is 4.39 Å². The molecule has 0 bridgehead atoms. The number of rotatable bonds is 1. The van der Waals surface area contributed by atoms with Gasteiger partial charge in [0.1, 0.15) is 0 Å². The molecule has 0 aromatic carbocycles. The Morgan fingerprint density at radius 1 is 1.70 bits per heavy atom. The van der Waals surface area contributed by atoms with E-state index in [1.165, 1.54) is 12.3 Å². The number of nitrogens with zero attached hydrogens (tertiary/aromatic N) is 1. The standard InChI is InChI=1S/C7H9FN2/c1-2-6-7(8)5(9)3-4-10-6/h3-4H,2H2,1H3,(H2,9,10). The van der Waals surface area contributed by atoms with E-state index in [1.54, 1.807) is 0 Å². The second-order valence-electron chi connectivity index (χ2n) is 2.01. The average molecular weight is 140 g/mol. The Balaban J connectivity index is 3.14. The molecular weight excluding hydrogens is 131 g/mol. The van der Waals surface area contributed by atoms with E-state index in [0.29, 0.717) is 12.1 Å². The van der Waals surface area contributed by atoms with Crippen LogP contribution in [0.25, 0.3) is 0 Å². The molecule has 1 rings (SSSR count). The summed E-state index contributed by atoms with van der Waals surface area (Å²) in [7, 11) is 0. The first kappa shape index (κ1) is 6.99. The van der Waals surface area contributed by atoms with Gasteiger partial charge in [0.05, 0.1) is 11.4 Å². The summed E-state index contributed by atoms with van der Waals surface area (Å²) in [6.45, 7) is 1.84. The van der Waals surface area contributed by atoms with Crippen LogP contribution in [0, 0.1) is 5.82 Å². The lowest BCUT2D eigenvalue weighted by Gasteiger charge is -1.99. The number of anilines is 1. The Labute approximate surface area is 58.9 Å². The molecule has 2 N–H and O–H groups in total. The van der Waals surface area contributed by atoms with Crippen LogP contribution in [0.15, 0.2) is 12.3 Å². The summed E-state index contributed by atoms with van der Waals surface area (Å²) in [5.74, 6) is -0.384. The molecule has 54 valence electrons. The van der Waals surface area contributed by atoms with Crippen LogP contribution in [0.4, 0.5) is 10.1 Å². The third kappa shape index (κ3) is 1.07. The van der Waals surface area contributed by atoms with E-state index < -0.39 is 0 Å². The molecule has 0 saturated heterocycles. The number of aromatic nitrogens is 1. The highest BCUT2D eigenvalue weighted by Gasteiger charge is 2.02. The lowest BCUT2D eigenvalue weighted by Crippen LogP contribution is -1.97. The molecule has 10 heavy (non-hydrogen) atoms. The molecule has 0 unspecified atom stereocenters. The van der Waals surface area contributed by atoms with Gasteiger partial charge in [-0.3, -0.25) is 4.98 Å². The fraction of sp³-hybridized carbons (Fsp3) is 0.286. The summed E-state index contributed by atoms with van der Waals surface area (Å²) < 4.78 is 12.8. The summed E-state index contributed by atoms with van der Waals surface area (Å²) in [4.78, 5) is 3.80. The van der Waals surface area contributed by atoms with Crippen molar-refractivity contribution < 1.29 is 4.39 Å². The molecule has 1 heterocycles. The van der Waals surface area contributed by atoms with Crippen LogP contribution in [-0.2, 0) is 6.42 Å². The highest BCUT2D eigenvalue weighted by atomic mass is 19.1. The molecule has 0 spiro atoms. The van der Waals surface area contributed by atoms with Crippen LogP contribution >= 0.6 is 0 Å². The lowest BCUT2D eigenvalue weighted by molar-refractivity contribution is 0.606. The van der Waals surface area contributed by atoms with Crippen molar-refractivity contribution >= 4 is 5.69 Å². The molecular formula is C7H9FN2. The van der Waals surface area contributed by atoms with E-state index in [9.17, 15) is 4.39 Å². The van der Waals surface area contributed by atoms with Gasteiger partial charge in [-0.2, -0.15) is 0 Å². The van der Waals surface area contributed by atoms with Gasteiger partial charge in [0.25, 0.3) is 0 Å². The second kappa shape index (κ2) is 2.64. The molecule has 0 saturated carbocycles. The highest BCUT2D eigenvalue weighted by Crippen LogP contribution is 2.11. The van der Waals surface area contributed by atoms with Crippen LogP contribution in [0.2, 0.25) is 0 Å². The van der Waals surface area contributed by atoms with Gasteiger partial charge in [0.2, 0.25) is 0 Å². The van der Waals surface area contributed by atoms with E-state index in [2.05, 4.69) is 4.98 Å². The van der Waals surface area contributed by atoms with Crippen LogP contribution < -0.4 is 5.73 Å². The summed E-state index contributed by atoms with van der Waals surface area (Å²) >= 11 is 0. The lowest BCUT2D eigenvalue weighted by atomic mass is 10.2. The fourth-order valence-corrected chi connectivity index (χ4v) is 0.750. The Kier molecular flexibility index (Phi) is 1.85. The topological polar surface area (TPSA) is 38.9 Å².